The molecule has 8 nitrogen and oxygen atoms in total. The number of carbonyl (C=O) groups excluding carboxylic acids is 2. The van der Waals surface area contributed by atoms with Gasteiger partial charge in [0.15, 0.2) is 6.61 Å². The minimum absolute atomic E-state index is 0.107. The molecule has 2 fully saturated rings. The van der Waals surface area contributed by atoms with Crippen LogP contribution in [0.5, 0.6) is 5.75 Å². The molecule has 42 heavy (non-hydrogen) atoms. The Labute approximate surface area is 249 Å². The molecule has 2 saturated heterocycles. The number of para-hydroxylation sites is 1. The number of hydrogen-bond acceptors (Lipinski definition) is 6. The van der Waals surface area contributed by atoms with Crippen LogP contribution in [0.4, 0.5) is 11.4 Å². The van der Waals surface area contributed by atoms with E-state index in [4.69, 9.17) is 9.47 Å². The first-order chi connectivity index (χ1) is 20.6. The standard InChI is InChI=1S/C34H42N4O4/c39-33(26-42-30-10-5-2-6-11-30)36-29-12-13-32(38-18-14-28(15-19-38)24-27-8-3-1-4-9-27)31(25-29)34(40)35-16-7-17-37-20-22-41-23-21-37/h1-6,8-13,25,28H,7,14-24,26H2,(H,35,40)(H,36,39). The predicted molar refractivity (Wildman–Crippen MR) is 166 cm³/mol. The highest BCUT2D eigenvalue weighted by molar-refractivity contribution is 6.02. The SMILES string of the molecule is O=C(COc1ccccc1)Nc1ccc(N2CCC(Cc3ccccc3)CC2)c(C(=O)NCCCN2CCOCC2)c1. The highest BCUT2D eigenvalue weighted by Gasteiger charge is 2.24. The molecule has 2 heterocycles. The summed E-state index contributed by atoms with van der Waals surface area (Å²) in [6.45, 7) is 6.63. The first-order valence-electron chi connectivity index (χ1n) is 15.1. The zero-order chi connectivity index (χ0) is 29.0. The number of nitrogens with one attached hydrogen (secondary N) is 2. The van der Waals surface area contributed by atoms with Crippen LogP contribution >= 0.6 is 0 Å². The van der Waals surface area contributed by atoms with Gasteiger partial charge in [-0.1, -0.05) is 48.5 Å². The summed E-state index contributed by atoms with van der Waals surface area (Å²) in [5, 5.41) is 6.03. The van der Waals surface area contributed by atoms with E-state index >= 15 is 0 Å². The maximum atomic E-state index is 13.5. The topological polar surface area (TPSA) is 83.1 Å². The summed E-state index contributed by atoms with van der Waals surface area (Å²) in [6.07, 6.45) is 4.11. The van der Waals surface area contributed by atoms with E-state index < -0.39 is 0 Å². The number of hydrogen-bond donors (Lipinski definition) is 2. The van der Waals surface area contributed by atoms with Crippen molar-refractivity contribution in [1.29, 1.82) is 0 Å². The lowest BCUT2D eigenvalue weighted by atomic mass is 9.89. The van der Waals surface area contributed by atoms with Crippen LogP contribution in [-0.4, -0.2) is 75.8 Å². The number of morpholine rings is 1. The van der Waals surface area contributed by atoms with Gasteiger partial charge >= 0.3 is 0 Å². The smallest absolute Gasteiger partial charge is 0.262 e. The third-order valence-electron chi connectivity index (χ3n) is 8.00. The lowest BCUT2D eigenvalue weighted by Crippen LogP contribution is -2.38. The number of amides is 2. The van der Waals surface area contributed by atoms with Gasteiger partial charge < -0.3 is 25.0 Å². The summed E-state index contributed by atoms with van der Waals surface area (Å²) in [4.78, 5) is 30.8. The largest absolute Gasteiger partial charge is 0.484 e. The first kappa shape index (κ1) is 29.6. The van der Waals surface area contributed by atoms with Crippen molar-refractivity contribution in [2.24, 2.45) is 5.92 Å². The molecule has 0 radical (unpaired) electrons. The molecule has 0 aliphatic carbocycles. The fourth-order valence-corrected chi connectivity index (χ4v) is 5.68. The second-order valence-corrected chi connectivity index (χ2v) is 11.1. The van der Waals surface area contributed by atoms with E-state index in [1.807, 2.05) is 42.5 Å². The van der Waals surface area contributed by atoms with Gasteiger partial charge in [-0.25, -0.2) is 0 Å². The molecule has 0 atom stereocenters. The predicted octanol–water partition coefficient (Wildman–Crippen LogP) is 4.62. The Morgan fingerprint density at radius 1 is 0.881 bits per heavy atom. The molecular weight excluding hydrogens is 528 g/mol. The van der Waals surface area contributed by atoms with Gasteiger partial charge in [0, 0.05) is 44.1 Å². The van der Waals surface area contributed by atoms with E-state index in [-0.39, 0.29) is 18.4 Å². The molecule has 2 aliphatic rings. The summed E-state index contributed by atoms with van der Waals surface area (Å²) in [7, 11) is 0. The van der Waals surface area contributed by atoms with Gasteiger partial charge in [-0.15, -0.1) is 0 Å². The highest BCUT2D eigenvalue weighted by Crippen LogP contribution is 2.30. The Morgan fingerprint density at radius 2 is 1.60 bits per heavy atom. The summed E-state index contributed by atoms with van der Waals surface area (Å²) >= 11 is 0. The minimum atomic E-state index is -0.273. The maximum Gasteiger partial charge on any atom is 0.262 e. The average Bonchev–Trinajstić information content (AvgIpc) is 3.04. The van der Waals surface area contributed by atoms with Crippen molar-refractivity contribution in [3.8, 4) is 5.75 Å². The van der Waals surface area contributed by atoms with E-state index in [0.29, 0.717) is 29.5 Å². The lowest BCUT2D eigenvalue weighted by Gasteiger charge is -2.35. The molecule has 2 N–H and O–H groups in total. The Morgan fingerprint density at radius 3 is 2.33 bits per heavy atom. The normalized spacial score (nSPS) is 16.1. The fourth-order valence-electron chi connectivity index (χ4n) is 5.68. The van der Waals surface area contributed by atoms with Gasteiger partial charge in [-0.3, -0.25) is 14.5 Å². The van der Waals surface area contributed by atoms with Gasteiger partial charge in [0.05, 0.1) is 18.8 Å². The number of anilines is 2. The molecule has 0 bridgehead atoms. The number of rotatable bonds is 12. The van der Waals surface area contributed by atoms with Crippen molar-refractivity contribution in [2.45, 2.75) is 25.7 Å². The van der Waals surface area contributed by atoms with Crippen LogP contribution in [0.1, 0.15) is 35.2 Å². The summed E-state index contributed by atoms with van der Waals surface area (Å²) in [5.74, 6) is 0.875. The summed E-state index contributed by atoms with van der Waals surface area (Å²) in [5.41, 5.74) is 3.46. The van der Waals surface area contributed by atoms with Crippen molar-refractivity contribution in [2.75, 3.05) is 69.3 Å². The van der Waals surface area contributed by atoms with Gasteiger partial charge in [-0.05, 0) is 74.0 Å². The first-order valence-corrected chi connectivity index (χ1v) is 15.1. The van der Waals surface area contributed by atoms with Gasteiger partial charge in [0.25, 0.3) is 11.8 Å². The molecule has 0 unspecified atom stereocenters. The van der Waals surface area contributed by atoms with E-state index in [1.165, 1.54) is 5.56 Å². The third kappa shape index (κ3) is 8.81. The molecule has 2 aliphatic heterocycles. The fraction of sp³-hybridized carbons (Fsp3) is 0.412. The van der Waals surface area contributed by atoms with Crippen molar-refractivity contribution in [3.05, 3.63) is 90.0 Å². The Balaban J connectivity index is 1.21. The Bertz CT molecular complexity index is 1270. The van der Waals surface area contributed by atoms with E-state index in [0.717, 1.165) is 77.3 Å². The van der Waals surface area contributed by atoms with Crippen LogP contribution in [0.15, 0.2) is 78.9 Å². The average molecular weight is 571 g/mol. The molecule has 2 amide bonds. The molecule has 5 rings (SSSR count). The van der Waals surface area contributed by atoms with E-state index in [9.17, 15) is 9.59 Å². The summed E-state index contributed by atoms with van der Waals surface area (Å²) in [6, 6.07) is 25.5. The zero-order valence-electron chi connectivity index (χ0n) is 24.3. The van der Waals surface area contributed by atoms with Crippen LogP contribution in [0, 0.1) is 5.92 Å². The molecule has 0 aromatic heterocycles. The molecule has 222 valence electrons. The number of piperidine rings is 1. The number of ether oxygens (including phenoxy) is 2. The van der Waals surface area contributed by atoms with Crippen LogP contribution < -0.4 is 20.3 Å². The van der Waals surface area contributed by atoms with Crippen LogP contribution in [0.3, 0.4) is 0 Å². The number of nitrogens with zero attached hydrogens (tertiary/aromatic N) is 2. The molecule has 3 aromatic rings. The zero-order valence-corrected chi connectivity index (χ0v) is 24.3. The minimum Gasteiger partial charge on any atom is -0.484 e. The van der Waals surface area contributed by atoms with E-state index in [1.54, 1.807) is 6.07 Å². The van der Waals surface area contributed by atoms with Crippen molar-refractivity contribution >= 4 is 23.2 Å². The Kier molecular flexibility index (Phi) is 10.8. The molecular formula is C34H42N4O4. The molecule has 8 heteroatoms. The van der Waals surface area contributed by atoms with Crippen molar-refractivity contribution < 1.29 is 19.1 Å². The number of benzene rings is 3. The van der Waals surface area contributed by atoms with Gasteiger partial charge in [0.1, 0.15) is 5.75 Å². The maximum absolute atomic E-state index is 13.5. The second-order valence-electron chi connectivity index (χ2n) is 11.1. The molecule has 0 saturated carbocycles. The van der Waals surface area contributed by atoms with Gasteiger partial charge in [0.2, 0.25) is 0 Å². The molecule has 0 spiro atoms. The van der Waals surface area contributed by atoms with E-state index in [2.05, 4.69) is 50.8 Å². The Hall–Kier alpha value is -3.88. The lowest BCUT2D eigenvalue weighted by molar-refractivity contribution is -0.118. The summed E-state index contributed by atoms with van der Waals surface area (Å²) < 4.78 is 11.0. The second kappa shape index (κ2) is 15.4. The van der Waals surface area contributed by atoms with Crippen LogP contribution in [0.25, 0.3) is 0 Å². The third-order valence-corrected chi connectivity index (χ3v) is 8.00. The van der Waals surface area contributed by atoms with Gasteiger partial charge in [-0.2, -0.15) is 0 Å². The van der Waals surface area contributed by atoms with Crippen LogP contribution in [-0.2, 0) is 16.0 Å². The van der Waals surface area contributed by atoms with Crippen molar-refractivity contribution in [1.82, 2.24) is 10.2 Å². The van der Waals surface area contributed by atoms with Crippen LogP contribution in [0.2, 0.25) is 0 Å². The van der Waals surface area contributed by atoms with Crippen molar-refractivity contribution in [3.63, 3.8) is 0 Å². The molecule has 3 aromatic carbocycles. The highest BCUT2D eigenvalue weighted by atomic mass is 16.5. The quantitative estimate of drug-likeness (QED) is 0.310. The number of carbonyl (C=O) groups is 2. The monoisotopic (exact) mass is 570 g/mol.